The van der Waals surface area contributed by atoms with Crippen molar-refractivity contribution in [3.63, 3.8) is 0 Å². The van der Waals surface area contributed by atoms with E-state index in [0.717, 1.165) is 23.5 Å². The topological polar surface area (TPSA) is 9.23 Å². The van der Waals surface area contributed by atoms with Crippen molar-refractivity contribution >= 4 is 18.2 Å². The molecule has 0 atom stereocenters. The normalized spacial score (nSPS) is 14.4. The molecule has 2 aromatic rings. The molecule has 0 N–H and O–H groups in total. The van der Waals surface area contributed by atoms with Crippen molar-refractivity contribution in [2.45, 2.75) is 6.42 Å². The second-order valence-electron chi connectivity index (χ2n) is 4.61. The number of allylic oxidation sites excluding steroid dienone is 1. The molecule has 0 radical (unpaired) electrons. The lowest BCUT2D eigenvalue weighted by molar-refractivity contribution is 0.472. The molecule has 1 heterocycles. The van der Waals surface area contributed by atoms with Gasteiger partial charge in [0, 0.05) is 10.8 Å². The van der Waals surface area contributed by atoms with Crippen molar-refractivity contribution in [1.29, 1.82) is 0 Å². The number of hydrogen-bond donors (Lipinski definition) is 0. The fourth-order valence-electron chi connectivity index (χ4n) is 2.59. The Kier molecular flexibility index (Phi) is 1.95. The van der Waals surface area contributed by atoms with Gasteiger partial charge in [0.1, 0.15) is 11.5 Å². The first-order valence-corrected chi connectivity index (χ1v) is 6.20. The fourth-order valence-corrected chi connectivity index (χ4v) is 2.59. The Hall–Kier alpha value is -2.28. The molecule has 0 spiro atoms. The largest absolute Gasteiger partial charge is 0.456 e. The first-order chi connectivity index (χ1) is 8.92. The Bertz CT molecular complexity index is 782. The predicted molar refractivity (Wildman–Crippen MR) is 73.9 cm³/mol. The minimum atomic E-state index is 0.941. The van der Waals surface area contributed by atoms with E-state index in [1.807, 2.05) is 18.2 Å². The third kappa shape index (κ3) is 1.34. The quantitative estimate of drug-likeness (QED) is 0.579. The van der Waals surface area contributed by atoms with Gasteiger partial charge < -0.3 is 4.74 Å². The molecule has 0 saturated heterocycles. The molecule has 1 aliphatic heterocycles. The number of fused-ring (bicyclic) bond motifs is 4. The molecular weight excluding hydrogens is 220 g/mol. The van der Waals surface area contributed by atoms with Crippen LogP contribution in [-0.4, -0.2) is 0 Å². The van der Waals surface area contributed by atoms with Crippen molar-refractivity contribution in [3.05, 3.63) is 64.0 Å². The SMILES string of the molecule is C1=Cc2ccc3c(c2=CC1)=Cc1ccccc1O3. The van der Waals surface area contributed by atoms with Gasteiger partial charge in [0.2, 0.25) is 0 Å². The van der Waals surface area contributed by atoms with Gasteiger partial charge in [-0.05, 0) is 35.4 Å². The molecule has 0 bridgehead atoms. The molecule has 0 saturated carbocycles. The van der Waals surface area contributed by atoms with E-state index >= 15 is 0 Å². The lowest BCUT2D eigenvalue weighted by Gasteiger charge is -2.16. The van der Waals surface area contributed by atoms with Gasteiger partial charge in [-0.15, -0.1) is 0 Å². The van der Waals surface area contributed by atoms with Gasteiger partial charge in [-0.25, -0.2) is 0 Å². The molecule has 86 valence electrons. The van der Waals surface area contributed by atoms with Crippen LogP contribution in [0.2, 0.25) is 0 Å². The monoisotopic (exact) mass is 232 g/mol. The average Bonchev–Trinajstić information content (AvgIpc) is 2.45. The Morgan fingerprint density at radius 1 is 0.833 bits per heavy atom. The van der Waals surface area contributed by atoms with Gasteiger partial charge in [-0.1, -0.05) is 42.5 Å². The summed E-state index contributed by atoms with van der Waals surface area (Å²) >= 11 is 0. The molecule has 18 heavy (non-hydrogen) atoms. The molecule has 2 aliphatic rings. The minimum Gasteiger partial charge on any atom is -0.456 e. The second-order valence-corrected chi connectivity index (χ2v) is 4.61. The van der Waals surface area contributed by atoms with Crippen molar-refractivity contribution < 1.29 is 4.74 Å². The Morgan fingerprint density at radius 3 is 2.78 bits per heavy atom. The Morgan fingerprint density at radius 2 is 1.78 bits per heavy atom. The average molecular weight is 232 g/mol. The van der Waals surface area contributed by atoms with Crippen LogP contribution in [0.25, 0.3) is 18.2 Å². The van der Waals surface area contributed by atoms with E-state index in [4.69, 9.17) is 4.74 Å². The molecule has 2 aromatic carbocycles. The molecule has 1 nitrogen and oxygen atoms in total. The van der Waals surface area contributed by atoms with Crippen molar-refractivity contribution in [2.75, 3.05) is 0 Å². The van der Waals surface area contributed by atoms with E-state index in [0.29, 0.717) is 0 Å². The van der Waals surface area contributed by atoms with Gasteiger partial charge in [0.05, 0.1) is 0 Å². The first kappa shape index (κ1) is 9.72. The van der Waals surface area contributed by atoms with Crippen LogP contribution in [0.5, 0.6) is 11.5 Å². The zero-order chi connectivity index (χ0) is 11.9. The standard InChI is InChI=1S/C17H12O/c1-3-7-14-12(5-1)9-10-17-15(14)11-13-6-2-4-8-16(13)18-17/h1-2,4-11H,3H2. The molecule has 0 fully saturated rings. The van der Waals surface area contributed by atoms with Crippen LogP contribution in [0, 0.1) is 0 Å². The van der Waals surface area contributed by atoms with E-state index < -0.39 is 0 Å². The van der Waals surface area contributed by atoms with E-state index in [2.05, 4.69) is 42.5 Å². The fraction of sp³-hybridized carbons (Fsp3) is 0.0588. The summed E-state index contributed by atoms with van der Waals surface area (Å²) in [5.41, 5.74) is 2.43. The molecule has 0 amide bonds. The highest BCUT2D eigenvalue weighted by Crippen LogP contribution is 2.27. The Labute approximate surface area is 105 Å². The van der Waals surface area contributed by atoms with Crippen molar-refractivity contribution in [3.8, 4) is 11.5 Å². The maximum absolute atomic E-state index is 5.97. The number of ether oxygens (including phenoxy) is 1. The zero-order valence-corrected chi connectivity index (χ0v) is 9.89. The van der Waals surface area contributed by atoms with Crippen LogP contribution in [-0.2, 0) is 0 Å². The minimum absolute atomic E-state index is 0.941. The summed E-state index contributed by atoms with van der Waals surface area (Å²) in [7, 11) is 0. The predicted octanol–water partition coefficient (Wildman–Crippen LogP) is 2.82. The molecule has 0 unspecified atom stereocenters. The van der Waals surface area contributed by atoms with Crippen LogP contribution >= 0.6 is 0 Å². The summed E-state index contributed by atoms with van der Waals surface area (Å²) in [5.74, 6) is 1.90. The lowest BCUT2D eigenvalue weighted by atomic mass is 10.0. The van der Waals surface area contributed by atoms with Crippen LogP contribution in [0.3, 0.4) is 0 Å². The van der Waals surface area contributed by atoms with Gasteiger partial charge >= 0.3 is 0 Å². The van der Waals surface area contributed by atoms with Crippen LogP contribution in [0.15, 0.2) is 42.5 Å². The summed E-state index contributed by atoms with van der Waals surface area (Å²) in [6.07, 6.45) is 9.86. The van der Waals surface area contributed by atoms with Gasteiger partial charge in [0.15, 0.2) is 0 Å². The van der Waals surface area contributed by atoms with E-state index in [1.54, 1.807) is 0 Å². The number of benzene rings is 2. The van der Waals surface area contributed by atoms with Gasteiger partial charge in [0.25, 0.3) is 0 Å². The smallest absolute Gasteiger partial charge is 0.135 e. The van der Waals surface area contributed by atoms with Gasteiger partial charge in [-0.2, -0.15) is 0 Å². The van der Waals surface area contributed by atoms with Crippen LogP contribution in [0.1, 0.15) is 17.5 Å². The third-order valence-corrected chi connectivity index (χ3v) is 3.48. The number of rotatable bonds is 0. The van der Waals surface area contributed by atoms with Crippen LogP contribution in [0.4, 0.5) is 0 Å². The molecule has 1 aliphatic carbocycles. The molecule has 0 aromatic heterocycles. The molecule has 1 heteroatoms. The Balaban J connectivity index is 2.11. The molecule has 4 rings (SSSR count). The highest BCUT2D eigenvalue weighted by atomic mass is 16.5. The maximum Gasteiger partial charge on any atom is 0.135 e. The number of hydrogen-bond acceptors (Lipinski definition) is 1. The molecular formula is C17H12O. The summed E-state index contributed by atoms with van der Waals surface area (Å²) in [4.78, 5) is 0. The highest BCUT2D eigenvalue weighted by molar-refractivity contribution is 5.67. The summed E-state index contributed by atoms with van der Waals surface area (Å²) in [6, 6.07) is 12.3. The summed E-state index contributed by atoms with van der Waals surface area (Å²) in [5, 5.41) is 2.50. The first-order valence-electron chi connectivity index (χ1n) is 6.20. The van der Waals surface area contributed by atoms with E-state index in [-0.39, 0.29) is 0 Å². The van der Waals surface area contributed by atoms with E-state index in [1.165, 1.54) is 16.0 Å². The van der Waals surface area contributed by atoms with Crippen molar-refractivity contribution in [2.24, 2.45) is 0 Å². The lowest BCUT2D eigenvalue weighted by Crippen LogP contribution is -2.31. The highest BCUT2D eigenvalue weighted by Gasteiger charge is 2.12. The number of para-hydroxylation sites is 1. The second kappa shape index (κ2) is 3.61. The summed E-state index contributed by atoms with van der Waals surface area (Å²) < 4.78 is 5.97. The third-order valence-electron chi connectivity index (χ3n) is 3.48. The zero-order valence-electron chi connectivity index (χ0n) is 9.89. The summed E-state index contributed by atoms with van der Waals surface area (Å²) in [6.45, 7) is 0. The maximum atomic E-state index is 5.97. The van der Waals surface area contributed by atoms with E-state index in [9.17, 15) is 0 Å². The van der Waals surface area contributed by atoms with Gasteiger partial charge in [-0.3, -0.25) is 0 Å². The van der Waals surface area contributed by atoms with Crippen LogP contribution < -0.4 is 15.2 Å². The van der Waals surface area contributed by atoms with Crippen molar-refractivity contribution in [1.82, 2.24) is 0 Å².